The summed E-state index contributed by atoms with van der Waals surface area (Å²) in [6, 6.07) is -0.154. The summed E-state index contributed by atoms with van der Waals surface area (Å²) >= 11 is 1.59. The highest BCUT2D eigenvalue weighted by molar-refractivity contribution is 7.09. The van der Waals surface area contributed by atoms with Crippen molar-refractivity contribution in [3.63, 3.8) is 0 Å². The van der Waals surface area contributed by atoms with Crippen LogP contribution in [-0.2, 0) is 16.0 Å². The van der Waals surface area contributed by atoms with Crippen molar-refractivity contribution < 1.29 is 19.4 Å². The second-order valence-corrected chi connectivity index (χ2v) is 6.39. The number of aromatic nitrogens is 1. The number of hydrogen-bond acceptors (Lipinski definition) is 5. The Morgan fingerprint density at radius 3 is 2.86 bits per heavy atom. The summed E-state index contributed by atoms with van der Waals surface area (Å²) in [5, 5.41) is 14.4. The van der Waals surface area contributed by atoms with Gasteiger partial charge in [0.1, 0.15) is 12.2 Å². The molecule has 0 aromatic carbocycles. The fourth-order valence-corrected chi connectivity index (χ4v) is 2.81. The maximum absolute atomic E-state index is 11.9. The molecule has 0 unspecified atom stereocenters. The minimum atomic E-state index is -1.00. The number of carboxylic acid groups (broad SMARTS) is 1. The van der Waals surface area contributed by atoms with E-state index < -0.39 is 11.6 Å². The molecule has 116 valence electrons. The molecule has 0 aliphatic carbocycles. The van der Waals surface area contributed by atoms with Crippen molar-refractivity contribution in [2.24, 2.45) is 0 Å². The quantitative estimate of drug-likeness (QED) is 0.813. The molecule has 1 aliphatic rings. The molecule has 2 N–H and O–H groups in total. The fourth-order valence-electron chi connectivity index (χ4n) is 2.16. The number of carbonyl (C=O) groups excluding carboxylic acids is 1. The summed E-state index contributed by atoms with van der Waals surface area (Å²) in [5.74, 6) is -1.00. The Balaban J connectivity index is 1.65. The molecule has 2 amide bonds. The highest BCUT2D eigenvalue weighted by atomic mass is 32.1. The van der Waals surface area contributed by atoms with Gasteiger partial charge in [0, 0.05) is 18.3 Å². The lowest BCUT2D eigenvalue weighted by molar-refractivity contribution is -0.159. The van der Waals surface area contributed by atoms with Gasteiger partial charge in [-0.2, -0.15) is 0 Å². The molecule has 2 rings (SSSR count). The Morgan fingerprint density at radius 2 is 2.29 bits per heavy atom. The maximum Gasteiger partial charge on any atom is 0.329 e. The van der Waals surface area contributed by atoms with Crippen molar-refractivity contribution in [2.75, 3.05) is 26.2 Å². The summed E-state index contributed by atoms with van der Waals surface area (Å²) in [6.45, 7) is 4.76. The second-order valence-electron chi connectivity index (χ2n) is 5.33. The van der Waals surface area contributed by atoms with Crippen LogP contribution in [0.2, 0.25) is 0 Å². The van der Waals surface area contributed by atoms with Gasteiger partial charge < -0.3 is 20.1 Å². The van der Waals surface area contributed by atoms with Gasteiger partial charge in [0.2, 0.25) is 0 Å². The van der Waals surface area contributed by atoms with Crippen LogP contribution in [0.1, 0.15) is 17.6 Å². The molecule has 1 aromatic rings. The third-order valence-electron chi connectivity index (χ3n) is 3.21. The fraction of sp³-hybridized carbons (Fsp3) is 0.615. The van der Waals surface area contributed by atoms with Crippen molar-refractivity contribution >= 4 is 23.3 Å². The number of aliphatic carboxylic acids is 1. The van der Waals surface area contributed by atoms with Crippen molar-refractivity contribution in [1.29, 1.82) is 0 Å². The number of thiazole rings is 1. The monoisotopic (exact) mass is 313 g/mol. The predicted octanol–water partition coefficient (Wildman–Crippen LogP) is 0.879. The smallest absolute Gasteiger partial charge is 0.329 e. The van der Waals surface area contributed by atoms with E-state index in [1.54, 1.807) is 23.2 Å². The molecule has 1 aliphatic heterocycles. The highest BCUT2D eigenvalue weighted by Crippen LogP contribution is 2.24. The van der Waals surface area contributed by atoms with Crippen molar-refractivity contribution in [3.8, 4) is 0 Å². The Hall–Kier alpha value is -1.67. The van der Waals surface area contributed by atoms with Crippen molar-refractivity contribution in [1.82, 2.24) is 15.2 Å². The molecule has 0 atom stereocenters. The SMILES string of the molecule is Cc1nc(CCNC(=O)N2CC(C)(OCC(=O)O)C2)cs1. The van der Waals surface area contributed by atoms with E-state index >= 15 is 0 Å². The molecule has 1 fully saturated rings. The van der Waals surface area contributed by atoms with Crippen LogP contribution in [0.15, 0.2) is 5.38 Å². The lowest BCUT2D eigenvalue weighted by Gasteiger charge is -2.46. The summed E-state index contributed by atoms with van der Waals surface area (Å²) in [5.41, 5.74) is 0.429. The Bertz CT molecular complexity index is 525. The molecule has 0 radical (unpaired) electrons. The zero-order chi connectivity index (χ0) is 15.5. The zero-order valence-electron chi connectivity index (χ0n) is 12.1. The number of carbonyl (C=O) groups is 2. The molecule has 0 saturated carbocycles. The Kier molecular flexibility index (Phi) is 4.79. The first-order valence-corrected chi connectivity index (χ1v) is 7.55. The standard InChI is InChI=1S/C13H19N3O4S/c1-9-15-10(6-21-9)3-4-14-12(19)16-7-13(2,8-16)20-5-11(17)18/h6H,3-5,7-8H2,1-2H3,(H,14,19)(H,17,18). The average molecular weight is 313 g/mol. The predicted molar refractivity (Wildman–Crippen MR) is 77.5 cm³/mol. The molecule has 1 saturated heterocycles. The van der Waals surface area contributed by atoms with Gasteiger partial charge in [-0.05, 0) is 13.8 Å². The van der Waals surface area contributed by atoms with Crippen LogP contribution >= 0.6 is 11.3 Å². The first kappa shape index (κ1) is 15.7. The Labute approximate surface area is 126 Å². The van der Waals surface area contributed by atoms with Gasteiger partial charge in [0.25, 0.3) is 0 Å². The first-order valence-electron chi connectivity index (χ1n) is 6.67. The minimum Gasteiger partial charge on any atom is -0.480 e. The van der Waals surface area contributed by atoms with Crippen LogP contribution in [0.3, 0.4) is 0 Å². The summed E-state index contributed by atoms with van der Waals surface area (Å²) in [4.78, 5) is 28.3. The lowest BCUT2D eigenvalue weighted by atomic mass is 9.97. The summed E-state index contributed by atoms with van der Waals surface area (Å²) in [6.07, 6.45) is 0.705. The van der Waals surface area contributed by atoms with Crippen LogP contribution in [0.5, 0.6) is 0 Å². The lowest BCUT2D eigenvalue weighted by Crippen LogP contribution is -2.65. The summed E-state index contributed by atoms with van der Waals surface area (Å²) in [7, 11) is 0. The van der Waals surface area contributed by atoms with Gasteiger partial charge in [-0.1, -0.05) is 0 Å². The van der Waals surface area contributed by atoms with Gasteiger partial charge >= 0.3 is 12.0 Å². The molecular formula is C13H19N3O4S. The normalized spacial score (nSPS) is 16.4. The van der Waals surface area contributed by atoms with Crippen LogP contribution in [-0.4, -0.2) is 58.8 Å². The van der Waals surface area contributed by atoms with Gasteiger partial charge in [0.05, 0.1) is 23.8 Å². The molecule has 0 spiro atoms. The summed E-state index contributed by atoms with van der Waals surface area (Å²) < 4.78 is 5.25. The maximum atomic E-state index is 11.9. The number of carboxylic acids is 1. The largest absolute Gasteiger partial charge is 0.480 e. The molecule has 8 heteroatoms. The number of amides is 2. The van der Waals surface area contributed by atoms with Gasteiger partial charge in [-0.25, -0.2) is 14.6 Å². The van der Waals surface area contributed by atoms with Crippen LogP contribution in [0.4, 0.5) is 4.79 Å². The number of nitrogens with zero attached hydrogens (tertiary/aromatic N) is 2. The minimum absolute atomic E-state index is 0.154. The Morgan fingerprint density at radius 1 is 1.57 bits per heavy atom. The average Bonchev–Trinajstić information content (AvgIpc) is 2.78. The van der Waals surface area contributed by atoms with E-state index in [4.69, 9.17) is 9.84 Å². The molecule has 1 aromatic heterocycles. The molecule has 7 nitrogen and oxygen atoms in total. The van der Waals surface area contributed by atoms with Crippen molar-refractivity contribution in [2.45, 2.75) is 25.9 Å². The number of ether oxygens (including phenoxy) is 1. The van der Waals surface area contributed by atoms with Gasteiger partial charge in [-0.15, -0.1) is 11.3 Å². The van der Waals surface area contributed by atoms with E-state index in [2.05, 4.69) is 10.3 Å². The number of hydrogen-bond donors (Lipinski definition) is 2. The third-order valence-corrected chi connectivity index (χ3v) is 4.03. The van der Waals surface area contributed by atoms with Gasteiger partial charge in [-0.3, -0.25) is 0 Å². The zero-order valence-corrected chi connectivity index (χ0v) is 12.9. The van der Waals surface area contributed by atoms with Crippen LogP contribution in [0, 0.1) is 6.92 Å². The number of aryl methyl sites for hydroxylation is 1. The topological polar surface area (TPSA) is 91.8 Å². The van der Waals surface area contributed by atoms with Crippen molar-refractivity contribution in [3.05, 3.63) is 16.1 Å². The number of rotatable bonds is 6. The molecule has 21 heavy (non-hydrogen) atoms. The number of likely N-dealkylation sites (tertiary alicyclic amines) is 1. The van der Waals surface area contributed by atoms with Crippen LogP contribution in [0.25, 0.3) is 0 Å². The van der Waals surface area contributed by atoms with E-state index in [0.717, 1.165) is 10.7 Å². The van der Waals surface area contributed by atoms with E-state index in [1.807, 2.05) is 12.3 Å². The highest BCUT2D eigenvalue weighted by Gasteiger charge is 2.42. The molecule has 2 heterocycles. The van der Waals surface area contributed by atoms with E-state index in [9.17, 15) is 9.59 Å². The van der Waals surface area contributed by atoms with E-state index in [-0.39, 0.29) is 12.6 Å². The van der Waals surface area contributed by atoms with Crippen LogP contribution < -0.4 is 5.32 Å². The first-order chi connectivity index (χ1) is 9.88. The number of nitrogens with one attached hydrogen (secondary N) is 1. The molecular weight excluding hydrogens is 294 g/mol. The van der Waals surface area contributed by atoms with Gasteiger partial charge in [0.15, 0.2) is 0 Å². The second kappa shape index (κ2) is 6.40. The third kappa shape index (κ3) is 4.40. The number of urea groups is 1. The van der Waals surface area contributed by atoms with E-state index in [0.29, 0.717) is 26.1 Å². The van der Waals surface area contributed by atoms with E-state index in [1.165, 1.54) is 0 Å². The molecule has 0 bridgehead atoms.